The number of aliphatic hydroxyl groups is 1. The molecule has 0 fully saturated rings. The van der Waals surface area contributed by atoms with Crippen LogP contribution in [0.1, 0.15) is 51.4 Å². The summed E-state index contributed by atoms with van der Waals surface area (Å²) >= 11 is 0. The number of esters is 1. The third-order valence-electron chi connectivity index (χ3n) is 3.45. The monoisotopic (exact) mass is 360 g/mol. The van der Waals surface area contributed by atoms with Crippen LogP contribution in [-0.2, 0) is 23.7 Å². The van der Waals surface area contributed by atoms with Crippen molar-refractivity contribution >= 4 is 5.97 Å². The second kappa shape index (κ2) is 21.1. The van der Waals surface area contributed by atoms with Crippen molar-refractivity contribution in [3.63, 3.8) is 0 Å². The van der Waals surface area contributed by atoms with Gasteiger partial charge in [-0.15, -0.1) is 0 Å². The molecule has 0 saturated heterocycles. The number of unbranched alkanes of at least 4 members (excludes halogenated alkanes) is 4. The molecule has 0 rings (SSSR count). The van der Waals surface area contributed by atoms with Crippen LogP contribution in [0.4, 0.5) is 0 Å². The molecule has 0 heterocycles. The summed E-state index contributed by atoms with van der Waals surface area (Å²) in [7, 11) is 0. The molecule has 148 valence electrons. The molecule has 0 atom stereocenters. The van der Waals surface area contributed by atoms with Crippen molar-refractivity contribution in [2.75, 3.05) is 52.9 Å². The summed E-state index contributed by atoms with van der Waals surface area (Å²) in [5.74, 6) is -0.369. The highest BCUT2D eigenvalue weighted by atomic mass is 16.5. The summed E-state index contributed by atoms with van der Waals surface area (Å²) < 4.78 is 21.4. The van der Waals surface area contributed by atoms with E-state index < -0.39 is 0 Å². The largest absolute Gasteiger partial charge is 0.463 e. The molecule has 1 N–H and O–H groups in total. The van der Waals surface area contributed by atoms with Gasteiger partial charge in [0.2, 0.25) is 0 Å². The van der Waals surface area contributed by atoms with Crippen LogP contribution in [0, 0.1) is 0 Å². The van der Waals surface area contributed by atoms with Gasteiger partial charge in [-0.2, -0.15) is 0 Å². The first-order valence-electron chi connectivity index (χ1n) is 9.44. The molecule has 0 saturated carbocycles. The Morgan fingerprint density at radius 1 is 0.680 bits per heavy atom. The Hall–Kier alpha value is -0.950. The summed E-state index contributed by atoms with van der Waals surface area (Å²) in [6.45, 7) is 8.53. The Bertz CT molecular complexity index is 296. The number of carbonyl (C=O) groups excluding carboxylic acids is 1. The highest BCUT2D eigenvalue weighted by Crippen LogP contribution is 1.98. The normalized spacial score (nSPS) is 10.8. The third-order valence-corrected chi connectivity index (χ3v) is 3.45. The van der Waals surface area contributed by atoms with Crippen molar-refractivity contribution in [2.24, 2.45) is 0 Å². The van der Waals surface area contributed by atoms with Gasteiger partial charge in [0.1, 0.15) is 0 Å². The molecule has 25 heavy (non-hydrogen) atoms. The highest BCUT2D eigenvalue weighted by molar-refractivity contribution is 5.81. The van der Waals surface area contributed by atoms with Gasteiger partial charge in [0, 0.05) is 52.3 Å². The van der Waals surface area contributed by atoms with Crippen LogP contribution >= 0.6 is 0 Å². The fourth-order valence-electron chi connectivity index (χ4n) is 1.98. The lowest BCUT2D eigenvalue weighted by molar-refractivity contribution is -0.137. The first-order chi connectivity index (χ1) is 12.3. The number of hydrogen-bond acceptors (Lipinski definition) is 6. The van der Waals surface area contributed by atoms with Gasteiger partial charge in [-0.25, -0.2) is 4.79 Å². The second-order valence-electron chi connectivity index (χ2n) is 5.76. The van der Waals surface area contributed by atoms with Gasteiger partial charge in [-0.1, -0.05) is 6.58 Å². The van der Waals surface area contributed by atoms with Gasteiger partial charge in [0.15, 0.2) is 0 Å². The highest BCUT2D eigenvalue weighted by Gasteiger charge is 1.96. The van der Waals surface area contributed by atoms with E-state index in [2.05, 4.69) is 6.58 Å². The number of aliphatic hydroxyl groups excluding tert-OH is 1. The van der Waals surface area contributed by atoms with Gasteiger partial charge < -0.3 is 24.1 Å². The average Bonchev–Trinajstić information content (AvgIpc) is 2.63. The Labute approximate surface area is 152 Å². The number of hydrogen-bond donors (Lipinski definition) is 1. The zero-order valence-electron chi connectivity index (χ0n) is 15.6. The van der Waals surface area contributed by atoms with Gasteiger partial charge in [0.25, 0.3) is 0 Å². The summed E-state index contributed by atoms with van der Waals surface area (Å²) in [6, 6.07) is 0. The van der Waals surface area contributed by atoms with Crippen molar-refractivity contribution in [2.45, 2.75) is 51.4 Å². The topological polar surface area (TPSA) is 74.2 Å². The van der Waals surface area contributed by atoms with Gasteiger partial charge in [-0.05, 0) is 51.4 Å². The van der Waals surface area contributed by atoms with Gasteiger partial charge in [0.05, 0.1) is 6.61 Å². The fourth-order valence-corrected chi connectivity index (χ4v) is 1.98. The number of rotatable bonds is 20. The molecule has 0 amide bonds. The van der Waals surface area contributed by atoms with E-state index in [1.165, 1.54) is 6.08 Å². The summed E-state index contributed by atoms with van der Waals surface area (Å²) in [6.07, 6.45) is 8.67. The van der Waals surface area contributed by atoms with E-state index in [9.17, 15) is 4.79 Å². The maximum atomic E-state index is 10.8. The van der Waals surface area contributed by atoms with Crippen molar-refractivity contribution in [1.82, 2.24) is 0 Å². The first-order valence-corrected chi connectivity index (χ1v) is 9.44. The van der Waals surface area contributed by atoms with E-state index in [1.807, 2.05) is 0 Å². The Kier molecular flexibility index (Phi) is 20.3. The third kappa shape index (κ3) is 21.0. The van der Waals surface area contributed by atoms with Crippen LogP contribution in [0.2, 0.25) is 0 Å². The van der Waals surface area contributed by atoms with Crippen LogP contribution in [-0.4, -0.2) is 63.9 Å². The van der Waals surface area contributed by atoms with E-state index in [0.29, 0.717) is 13.2 Å². The average molecular weight is 360 g/mol. The standard InChI is InChI=1S/C19H36O6/c1-2-19(21)25-18-10-9-17-24-16-8-7-15-23-14-6-5-13-22-12-4-3-11-20/h2,20H,1,3-18H2. The molecule has 0 aromatic heterocycles. The zero-order valence-corrected chi connectivity index (χ0v) is 15.6. The van der Waals surface area contributed by atoms with Crippen molar-refractivity contribution in [1.29, 1.82) is 0 Å². The lowest BCUT2D eigenvalue weighted by Gasteiger charge is -2.06. The van der Waals surface area contributed by atoms with Crippen molar-refractivity contribution in [3.05, 3.63) is 12.7 Å². The molecule has 0 spiro atoms. The molecular weight excluding hydrogens is 324 g/mol. The number of ether oxygens (including phenoxy) is 4. The lowest BCUT2D eigenvalue weighted by atomic mass is 10.3. The summed E-state index contributed by atoms with van der Waals surface area (Å²) in [5, 5.41) is 8.63. The molecule has 0 unspecified atom stereocenters. The Balaban J connectivity index is 3.00. The number of carbonyl (C=O) groups is 1. The van der Waals surface area contributed by atoms with E-state index >= 15 is 0 Å². The Morgan fingerprint density at radius 3 is 1.40 bits per heavy atom. The van der Waals surface area contributed by atoms with Crippen molar-refractivity contribution < 1.29 is 28.8 Å². The fraction of sp³-hybridized carbons (Fsp3) is 0.842. The second-order valence-corrected chi connectivity index (χ2v) is 5.76. The van der Waals surface area contributed by atoms with Crippen LogP contribution in [0.15, 0.2) is 12.7 Å². The van der Waals surface area contributed by atoms with Crippen molar-refractivity contribution in [3.8, 4) is 0 Å². The molecule has 6 heteroatoms. The van der Waals surface area contributed by atoms with Crippen LogP contribution in [0.3, 0.4) is 0 Å². The maximum Gasteiger partial charge on any atom is 0.330 e. The minimum Gasteiger partial charge on any atom is -0.463 e. The van der Waals surface area contributed by atoms with Crippen LogP contribution in [0.25, 0.3) is 0 Å². The summed E-state index contributed by atoms with van der Waals surface area (Å²) in [5.41, 5.74) is 0. The minimum atomic E-state index is -0.369. The Morgan fingerprint density at radius 2 is 1.04 bits per heavy atom. The lowest BCUT2D eigenvalue weighted by Crippen LogP contribution is -2.05. The first kappa shape index (κ1) is 24.1. The maximum absolute atomic E-state index is 10.8. The quantitative estimate of drug-likeness (QED) is 0.204. The molecule has 0 bridgehead atoms. The van der Waals surface area contributed by atoms with E-state index in [4.69, 9.17) is 24.1 Å². The molecular formula is C19H36O6. The molecule has 0 aromatic carbocycles. The van der Waals surface area contributed by atoms with E-state index in [0.717, 1.165) is 84.4 Å². The van der Waals surface area contributed by atoms with Crippen LogP contribution in [0.5, 0.6) is 0 Å². The van der Waals surface area contributed by atoms with Gasteiger partial charge in [-0.3, -0.25) is 0 Å². The molecule has 0 radical (unpaired) electrons. The molecule has 0 aromatic rings. The van der Waals surface area contributed by atoms with E-state index in [1.54, 1.807) is 0 Å². The predicted octanol–water partition coefficient (Wildman–Crippen LogP) is 2.88. The van der Waals surface area contributed by atoms with E-state index in [-0.39, 0.29) is 12.6 Å². The smallest absolute Gasteiger partial charge is 0.330 e. The molecule has 0 aliphatic rings. The SMILES string of the molecule is C=CC(=O)OCCCCOCCCCOCCCCOCCCCO. The predicted molar refractivity (Wildman–Crippen MR) is 97.6 cm³/mol. The zero-order chi connectivity index (χ0) is 18.4. The van der Waals surface area contributed by atoms with Crippen LogP contribution < -0.4 is 0 Å². The molecule has 6 nitrogen and oxygen atoms in total. The molecule has 0 aliphatic heterocycles. The van der Waals surface area contributed by atoms with Gasteiger partial charge >= 0.3 is 5.97 Å². The minimum absolute atomic E-state index is 0.246. The molecule has 0 aliphatic carbocycles. The summed E-state index contributed by atoms with van der Waals surface area (Å²) in [4.78, 5) is 10.8.